The summed E-state index contributed by atoms with van der Waals surface area (Å²) in [7, 11) is -5.17. The van der Waals surface area contributed by atoms with Crippen LogP contribution in [-0.4, -0.2) is 17.5 Å². The van der Waals surface area contributed by atoms with Crippen LogP contribution >= 0.6 is 0 Å². The molecule has 0 aromatic carbocycles. The molecule has 1 rings (SSSR count). The zero-order valence-corrected chi connectivity index (χ0v) is 8.82. The Kier molecular flexibility index (Phi) is 5.29. The predicted octanol–water partition coefficient (Wildman–Crippen LogP) is 0.0769. The first-order chi connectivity index (χ1) is 6.33. The Morgan fingerprint density at radius 1 is 1.36 bits per heavy atom. The summed E-state index contributed by atoms with van der Waals surface area (Å²) in [5.74, 6) is 0. The fraction of sp³-hybridized carbons (Fsp3) is 0.375. The maximum absolute atomic E-state index is 8.52. The van der Waals surface area contributed by atoms with Gasteiger partial charge in [0, 0.05) is 22.5 Å². The Morgan fingerprint density at radius 2 is 1.71 bits per heavy atom. The average molecular weight is 219 g/mol. The molecule has 0 unspecified atom stereocenters. The summed E-state index contributed by atoms with van der Waals surface area (Å²) in [6, 6.07) is 4.23. The number of pyridine rings is 1. The number of aryl methyl sites for hydroxylation is 2. The molecule has 6 heteroatoms. The Hall–Kier alpha value is -0.980. The van der Waals surface area contributed by atoms with Crippen molar-refractivity contribution in [1.29, 1.82) is 0 Å². The van der Waals surface area contributed by atoms with E-state index in [-0.39, 0.29) is 1.43 Å². The third-order valence-electron chi connectivity index (χ3n) is 1.42. The van der Waals surface area contributed by atoms with Gasteiger partial charge in [0.2, 0.25) is 0 Å². The van der Waals surface area contributed by atoms with Crippen molar-refractivity contribution < 1.29 is 23.5 Å². The predicted molar refractivity (Wildman–Crippen MR) is 48.6 cm³/mol. The summed E-state index contributed by atoms with van der Waals surface area (Å²) in [6.45, 7) is 5.29. The second kappa shape index (κ2) is 5.69. The minimum atomic E-state index is -5.17. The van der Waals surface area contributed by atoms with Crippen LogP contribution in [0.15, 0.2) is 24.5 Å². The molecule has 0 N–H and O–H groups in total. The minimum Gasteiger partial charge on any atom is -0.759 e. The highest BCUT2D eigenvalue weighted by Crippen LogP contribution is 1.88. The molecule has 1 aromatic rings. The van der Waals surface area contributed by atoms with Gasteiger partial charge >= 0.3 is 1.43 Å². The highest BCUT2D eigenvalue weighted by Gasteiger charge is 1.90. The van der Waals surface area contributed by atoms with E-state index in [1.54, 1.807) is 0 Å². The van der Waals surface area contributed by atoms with E-state index >= 15 is 0 Å². The maximum Gasteiger partial charge on any atom is 1.00 e. The topological polar surface area (TPSA) is 84.1 Å². The molecule has 14 heavy (non-hydrogen) atoms. The first kappa shape index (κ1) is 13.0. The first-order valence-corrected chi connectivity index (χ1v) is 5.28. The lowest BCUT2D eigenvalue weighted by Gasteiger charge is -2.06. The lowest BCUT2D eigenvalue weighted by molar-refractivity contribution is -0.693. The molecule has 0 saturated carbocycles. The molecule has 0 spiro atoms. The summed E-state index contributed by atoms with van der Waals surface area (Å²) in [5.41, 5.74) is 1.32. The molecule has 0 aliphatic rings. The molecule has 1 heterocycles. The van der Waals surface area contributed by atoms with Gasteiger partial charge in [-0.25, -0.2) is 4.57 Å². The quantitative estimate of drug-likeness (QED) is 0.380. The molecule has 0 fully saturated rings. The van der Waals surface area contributed by atoms with E-state index < -0.39 is 10.4 Å². The van der Waals surface area contributed by atoms with Gasteiger partial charge in [0.1, 0.15) is 6.54 Å². The van der Waals surface area contributed by atoms with Crippen LogP contribution in [0.4, 0.5) is 0 Å². The highest BCUT2D eigenvalue weighted by atomic mass is 32.3. The molecule has 0 amide bonds. The van der Waals surface area contributed by atoms with Crippen molar-refractivity contribution in [3.63, 3.8) is 0 Å². The van der Waals surface area contributed by atoms with Gasteiger partial charge in [-0.3, -0.25) is 8.42 Å². The third-order valence-corrected chi connectivity index (χ3v) is 1.42. The van der Waals surface area contributed by atoms with Crippen molar-refractivity contribution in [3.8, 4) is 0 Å². The fourth-order valence-corrected chi connectivity index (χ4v) is 0.743. The number of hydrogen-bond donors (Lipinski definition) is 0. The molecule has 0 radical (unpaired) electrons. The number of rotatable bonds is 1. The van der Waals surface area contributed by atoms with Gasteiger partial charge in [0.05, 0.1) is 0 Å². The molecule has 80 valence electrons. The zero-order valence-electron chi connectivity index (χ0n) is 9.00. The van der Waals surface area contributed by atoms with Crippen LogP contribution in [0.25, 0.3) is 0 Å². The fourth-order valence-electron chi connectivity index (χ4n) is 0.743. The molecule has 0 bridgehead atoms. The lowest BCUT2D eigenvalue weighted by atomic mass is 10.3. The zero-order chi connectivity index (χ0) is 11.2. The van der Waals surface area contributed by atoms with E-state index in [2.05, 4.69) is 42.9 Å². The van der Waals surface area contributed by atoms with Crippen LogP contribution in [0.3, 0.4) is 0 Å². The van der Waals surface area contributed by atoms with Crippen molar-refractivity contribution in [2.45, 2.75) is 20.4 Å². The summed E-state index contributed by atoms with van der Waals surface area (Å²) in [6.07, 6.45) is 4.19. The third kappa shape index (κ3) is 9.11. The van der Waals surface area contributed by atoms with Crippen LogP contribution in [-0.2, 0) is 16.9 Å². The van der Waals surface area contributed by atoms with Crippen molar-refractivity contribution in [2.75, 3.05) is 0 Å². The highest BCUT2D eigenvalue weighted by molar-refractivity contribution is 7.79. The van der Waals surface area contributed by atoms with Crippen LogP contribution < -0.4 is 4.57 Å². The normalized spacial score (nSPS) is 10.3. The Bertz CT molecular complexity index is 355. The van der Waals surface area contributed by atoms with Crippen LogP contribution in [0.5, 0.6) is 0 Å². The summed E-state index contributed by atoms with van der Waals surface area (Å²) < 4.78 is 36.2. The van der Waals surface area contributed by atoms with Gasteiger partial charge in [-0.1, -0.05) is 0 Å². The minimum absolute atomic E-state index is 0. The van der Waals surface area contributed by atoms with Crippen LogP contribution in [0.2, 0.25) is 0 Å². The SMILES string of the molecule is CC[n+]1ccc(C)cc1.O=S(=O)([O-])[O-].[H+]. The van der Waals surface area contributed by atoms with Crippen molar-refractivity contribution in [1.82, 2.24) is 0 Å². The molecule has 0 aliphatic heterocycles. The second-order valence-electron chi connectivity index (χ2n) is 2.61. The van der Waals surface area contributed by atoms with E-state index in [9.17, 15) is 0 Å². The Labute approximate surface area is 85.1 Å². The van der Waals surface area contributed by atoms with Gasteiger partial charge in [0.25, 0.3) is 0 Å². The van der Waals surface area contributed by atoms with Crippen molar-refractivity contribution in [3.05, 3.63) is 30.1 Å². The number of aromatic nitrogens is 1. The van der Waals surface area contributed by atoms with Crippen LogP contribution in [0.1, 0.15) is 13.9 Å². The largest absolute Gasteiger partial charge is 1.00 e. The molecule has 0 atom stereocenters. The lowest BCUT2D eigenvalue weighted by Crippen LogP contribution is -2.30. The van der Waals surface area contributed by atoms with Gasteiger partial charge in [0.15, 0.2) is 12.4 Å². The Balaban J connectivity index is 0. The van der Waals surface area contributed by atoms with Gasteiger partial charge in [-0.15, -0.1) is 0 Å². The van der Waals surface area contributed by atoms with Gasteiger partial charge in [-0.05, 0) is 19.4 Å². The smallest absolute Gasteiger partial charge is 0.759 e. The van der Waals surface area contributed by atoms with E-state index in [1.807, 2.05) is 0 Å². The summed E-state index contributed by atoms with van der Waals surface area (Å²) >= 11 is 0. The summed E-state index contributed by atoms with van der Waals surface area (Å²) in [5, 5.41) is 0. The van der Waals surface area contributed by atoms with Crippen molar-refractivity contribution >= 4 is 10.4 Å². The van der Waals surface area contributed by atoms with Crippen LogP contribution in [0, 0.1) is 6.92 Å². The number of nitrogens with zero attached hydrogens (tertiary/aromatic N) is 1. The molecular formula is C8H13NO4S. The van der Waals surface area contributed by atoms with Gasteiger partial charge < -0.3 is 9.11 Å². The monoisotopic (exact) mass is 219 g/mol. The average Bonchev–Trinajstić information content (AvgIpc) is 2.03. The van der Waals surface area contributed by atoms with E-state index in [0.29, 0.717) is 0 Å². The second-order valence-corrected chi connectivity index (χ2v) is 3.43. The molecule has 5 nitrogen and oxygen atoms in total. The molecule has 1 aromatic heterocycles. The summed E-state index contributed by atoms with van der Waals surface area (Å²) in [4.78, 5) is 0. The number of hydrogen-bond acceptors (Lipinski definition) is 4. The molecule has 0 saturated heterocycles. The van der Waals surface area contributed by atoms with E-state index in [0.717, 1.165) is 6.54 Å². The molecular weight excluding hydrogens is 206 g/mol. The van der Waals surface area contributed by atoms with Crippen molar-refractivity contribution in [2.24, 2.45) is 0 Å². The standard InChI is InChI=1S/C8H12N.H2O4S/c1-3-9-6-4-8(2)5-7-9;1-5(2,3)4/h4-7H,3H2,1-2H3;(H2,1,2,3,4)/q+1;/p-1. The Morgan fingerprint density at radius 3 is 2.00 bits per heavy atom. The molecule has 0 aliphatic carbocycles. The van der Waals surface area contributed by atoms with E-state index in [4.69, 9.17) is 17.5 Å². The maximum atomic E-state index is 8.52. The van der Waals surface area contributed by atoms with E-state index in [1.165, 1.54) is 5.56 Å². The first-order valence-electron chi connectivity index (χ1n) is 3.95. The van der Waals surface area contributed by atoms with Gasteiger partial charge in [-0.2, -0.15) is 0 Å².